The maximum absolute atomic E-state index is 14.3. The van der Waals surface area contributed by atoms with Gasteiger partial charge in [0, 0.05) is 18.1 Å². The molecule has 1 aliphatic heterocycles. The van der Waals surface area contributed by atoms with Gasteiger partial charge in [0.2, 0.25) is 0 Å². The largest absolute Gasteiger partial charge is 0.501 e. The predicted molar refractivity (Wildman–Crippen MR) is 105 cm³/mol. The van der Waals surface area contributed by atoms with Crippen LogP contribution in [-0.2, 0) is 21.2 Å². The number of carbonyl (C=O) groups excluding carboxylic acids is 2. The number of pyridine rings is 1. The van der Waals surface area contributed by atoms with Crippen molar-refractivity contribution in [3.63, 3.8) is 0 Å². The van der Waals surface area contributed by atoms with Crippen LogP contribution in [0.1, 0.15) is 5.56 Å². The van der Waals surface area contributed by atoms with Crippen LogP contribution in [0.5, 0.6) is 0 Å². The highest BCUT2D eigenvalue weighted by atomic mass is 32.2. The summed E-state index contributed by atoms with van der Waals surface area (Å²) in [4.78, 5) is 30.2. The maximum Gasteiger partial charge on any atom is 0.501 e. The Morgan fingerprint density at radius 3 is 2.34 bits per heavy atom. The lowest BCUT2D eigenvalue weighted by atomic mass is 10.1. The molecular weight excluding hydrogens is 454 g/mol. The van der Waals surface area contributed by atoms with Crippen molar-refractivity contribution in [2.75, 3.05) is 11.4 Å². The van der Waals surface area contributed by atoms with Crippen LogP contribution >= 0.6 is 0 Å². The minimum atomic E-state index is -5.56. The Labute approximate surface area is 178 Å². The van der Waals surface area contributed by atoms with E-state index in [0.717, 1.165) is 21.9 Å². The van der Waals surface area contributed by atoms with E-state index >= 15 is 0 Å². The summed E-state index contributed by atoms with van der Waals surface area (Å²) in [5.41, 5.74) is -4.77. The lowest BCUT2D eigenvalue weighted by molar-refractivity contribution is -0.116. The minimum absolute atomic E-state index is 0.0885. The summed E-state index contributed by atoms with van der Waals surface area (Å²) < 4.78 is 75.4. The fourth-order valence-electron chi connectivity index (χ4n) is 3.40. The van der Waals surface area contributed by atoms with E-state index in [1.165, 1.54) is 24.4 Å². The number of hydrogen-bond donors (Lipinski definition) is 0. The Hall–Kier alpha value is -3.54. The molecule has 32 heavy (non-hydrogen) atoms. The van der Waals surface area contributed by atoms with Gasteiger partial charge in [-0.3, -0.25) is 9.78 Å². The first-order valence-electron chi connectivity index (χ1n) is 9.06. The monoisotopic (exact) mass is 467 g/mol. The SMILES string of the molecule is O=C1CN(Cc2ccnc3cccc(F)c23)C(=O)N1c1ccc(S(=O)(=O)C(F)(F)F)cc1. The van der Waals surface area contributed by atoms with Gasteiger partial charge in [-0.25, -0.2) is 22.5 Å². The van der Waals surface area contributed by atoms with E-state index in [4.69, 9.17) is 0 Å². The Morgan fingerprint density at radius 1 is 1.00 bits per heavy atom. The molecule has 3 amide bonds. The molecule has 0 bridgehead atoms. The molecule has 2 heterocycles. The molecule has 0 radical (unpaired) electrons. The molecular formula is C20H13F4N3O4S. The van der Waals surface area contributed by atoms with Gasteiger partial charge < -0.3 is 4.90 Å². The minimum Gasteiger partial charge on any atom is -0.310 e. The van der Waals surface area contributed by atoms with Gasteiger partial charge in [0.05, 0.1) is 16.1 Å². The molecule has 0 unspecified atom stereocenters. The Balaban J connectivity index is 1.61. The number of nitrogens with zero attached hydrogens (tertiary/aromatic N) is 3. The number of rotatable bonds is 4. The van der Waals surface area contributed by atoms with Gasteiger partial charge in [0.25, 0.3) is 15.7 Å². The topological polar surface area (TPSA) is 87.7 Å². The number of imide groups is 1. The fraction of sp³-hybridized carbons (Fsp3) is 0.150. The number of carbonyl (C=O) groups is 2. The van der Waals surface area contributed by atoms with Crippen molar-refractivity contribution in [2.24, 2.45) is 0 Å². The van der Waals surface area contributed by atoms with Crippen LogP contribution in [-0.4, -0.2) is 42.3 Å². The molecule has 2 aromatic carbocycles. The third-order valence-electron chi connectivity index (χ3n) is 4.91. The summed E-state index contributed by atoms with van der Waals surface area (Å²) in [5.74, 6) is -1.21. The van der Waals surface area contributed by atoms with Gasteiger partial charge in [-0.05, 0) is 48.0 Å². The quantitative estimate of drug-likeness (QED) is 0.432. The zero-order valence-corrected chi connectivity index (χ0v) is 16.8. The van der Waals surface area contributed by atoms with Crippen LogP contribution in [0.4, 0.5) is 28.0 Å². The van der Waals surface area contributed by atoms with Crippen molar-refractivity contribution in [3.8, 4) is 0 Å². The third-order valence-corrected chi connectivity index (χ3v) is 6.41. The standard InChI is InChI=1S/C20H13F4N3O4S/c21-15-2-1-3-16-18(15)12(8-9-25-16)10-26-11-17(28)27(19(26)29)13-4-6-14(7-5-13)32(30,31)20(22,23)24/h1-9H,10-11H2. The molecule has 0 saturated carbocycles. The molecule has 1 aromatic heterocycles. The van der Waals surface area contributed by atoms with E-state index in [2.05, 4.69) is 4.98 Å². The van der Waals surface area contributed by atoms with Crippen molar-refractivity contribution in [1.29, 1.82) is 0 Å². The van der Waals surface area contributed by atoms with E-state index in [-0.39, 0.29) is 24.2 Å². The smallest absolute Gasteiger partial charge is 0.310 e. The summed E-state index contributed by atoms with van der Waals surface area (Å²) in [5, 5.41) is 0.204. The van der Waals surface area contributed by atoms with Crippen LogP contribution in [0.2, 0.25) is 0 Å². The highest BCUT2D eigenvalue weighted by molar-refractivity contribution is 7.92. The first-order chi connectivity index (χ1) is 15.0. The van der Waals surface area contributed by atoms with Crippen LogP contribution in [0, 0.1) is 5.82 Å². The maximum atomic E-state index is 14.3. The highest BCUT2D eigenvalue weighted by Crippen LogP contribution is 2.32. The molecule has 0 aliphatic carbocycles. The molecule has 1 aliphatic rings. The normalized spacial score (nSPS) is 15.1. The van der Waals surface area contributed by atoms with Gasteiger partial charge in [-0.15, -0.1) is 0 Å². The summed E-state index contributed by atoms with van der Waals surface area (Å²) in [6, 6.07) is 8.31. The molecule has 12 heteroatoms. The van der Waals surface area contributed by atoms with E-state index < -0.39 is 38.0 Å². The van der Waals surface area contributed by atoms with E-state index in [1.807, 2.05) is 0 Å². The number of halogens is 4. The average Bonchev–Trinajstić information content (AvgIpc) is 3.00. The van der Waals surface area contributed by atoms with Crippen molar-refractivity contribution < 1.29 is 35.6 Å². The number of urea groups is 1. The Kier molecular flexibility index (Phi) is 5.12. The zero-order chi connectivity index (χ0) is 23.3. The number of aromatic nitrogens is 1. The van der Waals surface area contributed by atoms with Crippen LogP contribution in [0.15, 0.2) is 59.6 Å². The Morgan fingerprint density at radius 2 is 1.69 bits per heavy atom. The van der Waals surface area contributed by atoms with Crippen LogP contribution in [0.25, 0.3) is 10.9 Å². The van der Waals surface area contributed by atoms with E-state index in [1.54, 1.807) is 6.07 Å². The number of sulfone groups is 1. The van der Waals surface area contributed by atoms with Crippen molar-refractivity contribution in [3.05, 3.63) is 66.1 Å². The first-order valence-corrected chi connectivity index (χ1v) is 10.5. The molecule has 3 aromatic rings. The summed E-state index contributed by atoms with van der Waals surface area (Å²) >= 11 is 0. The second kappa shape index (κ2) is 7.55. The van der Waals surface area contributed by atoms with Crippen molar-refractivity contribution in [2.45, 2.75) is 16.9 Å². The second-order valence-corrected chi connectivity index (χ2v) is 8.86. The molecule has 0 spiro atoms. The van der Waals surface area contributed by atoms with Gasteiger partial charge in [0.1, 0.15) is 12.4 Å². The number of anilines is 1. The van der Waals surface area contributed by atoms with Crippen molar-refractivity contribution in [1.82, 2.24) is 9.88 Å². The number of alkyl halides is 3. The van der Waals surface area contributed by atoms with Gasteiger partial charge >= 0.3 is 11.5 Å². The average molecular weight is 467 g/mol. The van der Waals surface area contributed by atoms with E-state index in [9.17, 15) is 35.6 Å². The predicted octanol–water partition coefficient (Wildman–Crippen LogP) is 3.64. The zero-order valence-electron chi connectivity index (χ0n) is 16.0. The molecule has 1 saturated heterocycles. The van der Waals surface area contributed by atoms with Gasteiger partial charge in [-0.2, -0.15) is 13.2 Å². The molecule has 166 valence electrons. The lowest BCUT2D eigenvalue weighted by Gasteiger charge is -2.18. The summed E-state index contributed by atoms with van der Waals surface area (Å²) in [7, 11) is -5.56. The molecule has 0 atom stereocenters. The molecule has 4 rings (SSSR count). The van der Waals surface area contributed by atoms with Crippen LogP contribution in [0.3, 0.4) is 0 Å². The van der Waals surface area contributed by atoms with Gasteiger partial charge in [0.15, 0.2) is 0 Å². The summed E-state index contributed by atoms with van der Waals surface area (Å²) in [6.07, 6.45) is 1.44. The lowest BCUT2D eigenvalue weighted by Crippen LogP contribution is -2.33. The molecule has 1 fully saturated rings. The Bertz CT molecular complexity index is 1340. The second-order valence-electron chi connectivity index (χ2n) is 6.91. The highest BCUT2D eigenvalue weighted by Gasteiger charge is 2.47. The van der Waals surface area contributed by atoms with Gasteiger partial charge in [-0.1, -0.05) is 6.07 Å². The summed E-state index contributed by atoms with van der Waals surface area (Å²) in [6.45, 7) is -0.457. The van der Waals surface area contributed by atoms with E-state index in [0.29, 0.717) is 23.2 Å². The number of hydrogen-bond acceptors (Lipinski definition) is 5. The first kappa shape index (κ1) is 21.7. The molecule has 7 nitrogen and oxygen atoms in total. The fourth-order valence-corrected chi connectivity index (χ4v) is 4.16. The van der Waals surface area contributed by atoms with Crippen molar-refractivity contribution >= 4 is 38.4 Å². The third kappa shape index (κ3) is 3.55. The number of benzene rings is 2. The molecule has 0 N–H and O–H groups in total. The number of fused-ring (bicyclic) bond motifs is 1. The number of amides is 3. The van der Waals surface area contributed by atoms with Crippen LogP contribution < -0.4 is 4.90 Å².